The number of anilines is 1. The standard InChI is InChI=1S/C15H19N5O3/c1-9-7-23-20-14(9)15(21)19-11-4-6-22-8-12(11)18-13-3-5-16-10(2)17-13/h3,5,7,11-12H,4,6,8H2,1-2H3,(H,19,21)(H,16,17,18)/t11-,12+/m0/s1. The summed E-state index contributed by atoms with van der Waals surface area (Å²) in [6.07, 6.45) is 3.86. The summed E-state index contributed by atoms with van der Waals surface area (Å²) < 4.78 is 10.3. The van der Waals surface area contributed by atoms with Gasteiger partial charge in [0.2, 0.25) is 0 Å². The van der Waals surface area contributed by atoms with E-state index in [-0.39, 0.29) is 18.0 Å². The highest BCUT2D eigenvalue weighted by atomic mass is 16.5. The van der Waals surface area contributed by atoms with Gasteiger partial charge in [0, 0.05) is 18.4 Å². The Morgan fingerprint density at radius 2 is 2.22 bits per heavy atom. The Morgan fingerprint density at radius 3 is 2.96 bits per heavy atom. The van der Waals surface area contributed by atoms with Gasteiger partial charge in [-0.1, -0.05) is 5.16 Å². The predicted octanol–water partition coefficient (Wildman–Crippen LogP) is 1.08. The highest BCUT2D eigenvalue weighted by molar-refractivity contribution is 5.93. The van der Waals surface area contributed by atoms with E-state index in [4.69, 9.17) is 9.26 Å². The lowest BCUT2D eigenvalue weighted by atomic mass is 10.0. The van der Waals surface area contributed by atoms with Crippen molar-refractivity contribution in [1.82, 2.24) is 20.4 Å². The molecule has 122 valence electrons. The molecule has 23 heavy (non-hydrogen) atoms. The van der Waals surface area contributed by atoms with Crippen molar-refractivity contribution in [2.75, 3.05) is 18.5 Å². The number of amides is 1. The second-order valence-electron chi connectivity index (χ2n) is 5.53. The molecule has 2 aromatic heterocycles. The summed E-state index contributed by atoms with van der Waals surface area (Å²) in [5, 5.41) is 10.0. The minimum atomic E-state index is -0.242. The first-order valence-corrected chi connectivity index (χ1v) is 7.49. The number of hydrogen-bond acceptors (Lipinski definition) is 7. The normalized spacial score (nSPS) is 21.0. The Balaban J connectivity index is 1.69. The molecule has 1 fully saturated rings. The zero-order valence-electron chi connectivity index (χ0n) is 13.1. The molecule has 0 spiro atoms. The van der Waals surface area contributed by atoms with Gasteiger partial charge in [-0.3, -0.25) is 4.79 Å². The van der Waals surface area contributed by atoms with Gasteiger partial charge in [0.25, 0.3) is 5.91 Å². The molecule has 0 aliphatic carbocycles. The van der Waals surface area contributed by atoms with Crippen LogP contribution in [0, 0.1) is 13.8 Å². The Labute approximate surface area is 133 Å². The number of aromatic nitrogens is 3. The molecule has 0 unspecified atom stereocenters. The number of carbonyl (C=O) groups is 1. The largest absolute Gasteiger partial charge is 0.379 e. The summed E-state index contributed by atoms with van der Waals surface area (Å²) in [5.74, 6) is 1.16. The van der Waals surface area contributed by atoms with Crippen LogP contribution in [-0.4, -0.2) is 46.3 Å². The van der Waals surface area contributed by atoms with Gasteiger partial charge in [-0.25, -0.2) is 9.97 Å². The van der Waals surface area contributed by atoms with Crippen LogP contribution in [0.25, 0.3) is 0 Å². The van der Waals surface area contributed by atoms with Crippen molar-refractivity contribution in [3.8, 4) is 0 Å². The molecule has 2 N–H and O–H groups in total. The average molecular weight is 317 g/mol. The van der Waals surface area contributed by atoms with Crippen LogP contribution in [0.1, 0.15) is 28.3 Å². The van der Waals surface area contributed by atoms with Crippen LogP contribution < -0.4 is 10.6 Å². The first-order valence-electron chi connectivity index (χ1n) is 7.49. The Morgan fingerprint density at radius 1 is 1.35 bits per heavy atom. The number of nitrogens with zero attached hydrogens (tertiary/aromatic N) is 3. The van der Waals surface area contributed by atoms with E-state index in [1.807, 2.05) is 6.92 Å². The van der Waals surface area contributed by atoms with Crippen molar-refractivity contribution in [2.24, 2.45) is 0 Å². The molecule has 1 aliphatic heterocycles. The van der Waals surface area contributed by atoms with E-state index in [2.05, 4.69) is 25.8 Å². The molecule has 3 rings (SSSR count). The van der Waals surface area contributed by atoms with Gasteiger partial charge < -0.3 is 19.9 Å². The van der Waals surface area contributed by atoms with Gasteiger partial charge in [0.05, 0.1) is 18.7 Å². The van der Waals surface area contributed by atoms with Crippen LogP contribution >= 0.6 is 0 Å². The molecule has 8 nitrogen and oxygen atoms in total. The fourth-order valence-electron chi connectivity index (χ4n) is 2.52. The molecular formula is C15H19N5O3. The second-order valence-corrected chi connectivity index (χ2v) is 5.53. The van der Waals surface area contributed by atoms with Crippen LogP contribution in [0.2, 0.25) is 0 Å². The maximum absolute atomic E-state index is 12.3. The number of hydrogen-bond donors (Lipinski definition) is 2. The number of carbonyl (C=O) groups excluding carboxylic acids is 1. The van der Waals surface area contributed by atoms with Crippen molar-refractivity contribution in [2.45, 2.75) is 32.4 Å². The summed E-state index contributed by atoms with van der Waals surface area (Å²) in [6, 6.07) is 1.64. The fraction of sp³-hybridized carbons (Fsp3) is 0.467. The van der Waals surface area contributed by atoms with Crippen LogP contribution in [-0.2, 0) is 4.74 Å². The Bertz CT molecular complexity index is 687. The van der Waals surface area contributed by atoms with Gasteiger partial charge in [-0.15, -0.1) is 0 Å². The average Bonchev–Trinajstić information content (AvgIpc) is 2.95. The minimum absolute atomic E-state index is 0.0748. The SMILES string of the molecule is Cc1nccc(N[C@@H]2COCC[C@@H]2NC(=O)c2nocc2C)n1. The lowest BCUT2D eigenvalue weighted by Crippen LogP contribution is -2.52. The van der Waals surface area contributed by atoms with E-state index in [0.29, 0.717) is 42.5 Å². The maximum atomic E-state index is 12.3. The van der Waals surface area contributed by atoms with Gasteiger partial charge in [-0.2, -0.15) is 0 Å². The molecule has 1 amide bonds. The van der Waals surface area contributed by atoms with Crippen LogP contribution in [0.3, 0.4) is 0 Å². The zero-order valence-corrected chi connectivity index (χ0v) is 13.1. The van der Waals surface area contributed by atoms with Crippen molar-refractivity contribution >= 4 is 11.7 Å². The van der Waals surface area contributed by atoms with Crippen molar-refractivity contribution in [3.05, 3.63) is 35.6 Å². The van der Waals surface area contributed by atoms with Gasteiger partial charge in [-0.05, 0) is 26.3 Å². The van der Waals surface area contributed by atoms with E-state index in [0.717, 1.165) is 0 Å². The highest BCUT2D eigenvalue weighted by Gasteiger charge is 2.29. The smallest absolute Gasteiger partial charge is 0.274 e. The van der Waals surface area contributed by atoms with E-state index >= 15 is 0 Å². The number of rotatable bonds is 4. The van der Waals surface area contributed by atoms with Crippen LogP contribution in [0.15, 0.2) is 23.0 Å². The highest BCUT2D eigenvalue weighted by Crippen LogP contribution is 2.15. The molecule has 0 bridgehead atoms. The molecule has 0 aromatic carbocycles. The van der Waals surface area contributed by atoms with Crippen molar-refractivity contribution in [1.29, 1.82) is 0 Å². The third-order valence-electron chi connectivity index (χ3n) is 3.74. The zero-order chi connectivity index (χ0) is 16.2. The van der Waals surface area contributed by atoms with Gasteiger partial charge in [0.15, 0.2) is 5.69 Å². The van der Waals surface area contributed by atoms with Crippen molar-refractivity contribution < 1.29 is 14.1 Å². The van der Waals surface area contributed by atoms with Crippen molar-refractivity contribution in [3.63, 3.8) is 0 Å². The molecule has 2 aromatic rings. The second kappa shape index (κ2) is 6.74. The summed E-state index contributed by atoms with van der Waals surface area (Å²) >= 11 is 0. The minimum Gasteiger partial charge on any atom is -0.379 e. The molecule has 2 atom stereocenters. The van der Waals surface area contributed by atoms with E-state index in [1.54, 1.807) is 19.2 Å². The number of nitrogens with one attached hydrogen (secondary N) is 2. The molecule has 1 aliphatic rings. The Hall–Kier alpha value is -2.48. The topological polar surface area (TPSA) is 102 Å². The molecule has 0 saturated carbocycles. The van der Waals surface area contributed by atoms with Gasteiger partial charge >= 0.3 is 0 Å². The van der Waals surface area contributed by atoms with Crippen LogP contribution in [0.5, 0.6) is 0 Å². The fourth-order valence-corrected chi connectivity index (χ4v) is 2.52. The molecule has 8 heteroatoms. The first kappa shape index (κ1) is 15.4. The molecule has 1 saturated heterocycles. The lowest BCUT2D eigenvalue weighted by Gasteiger charge is -2.32. The lowest BCUT2D eigenvalue weighted by molar-refractivity contribution is 0.0616. The number of aryl methyl sites for hydroxylation is 2. The predicted molar refractivity (Wildman–Crippen MR) is 82.1 cm³/mol. The van der Waals surface area contributed by atoms with E-state index < -0.39 is 0 Å². The monoisotopic (exact) mass is 317 g/mol. The third-order valence-corrected chi connectivity index (χ3v) is 3.74. The maximum Gasteiger partial charge on any atom is 0.274 e. The van der Waals surface area contributed by atoms with Gasteiger partial charge in [0.1, 0.15) is 17.9 Å². The Kier molecular flexibility index (Phi) is 4.52. The summed E-state index contributed by atoms with van der Waals surface area (Å²) in [5.41, 5.74) is 1.03. The quantitative estimate of drug-likeness (QED) is 0.870. The third kappa shape index (κ3) is 3.65. The number of ether oxygens (including phenoxy) is 1. The summed E-state index contributed by atoms with van der Waals surface area (Å²) in [6.45, 7) is 4.71. The molecule has 0 radical (unpaired) electrons. The van der Waals surface area contributed by atoms with E-state index in [1.165, 1.54) is 6.26 Å². The van der Waals surface area contributed by atoms with E-state index in [9.17, 15) is 4.79 Å². The summed E-state index contributed by atoms with van der Waals surface area (Å²) in [4.78, 5) is 20.7. The van der Waals surface area contributed by atoms with Crippen LogP contribution in [0.4, 0.5) is 5.82 Å². The summed E-state index contributed by atoms with van der Waals surface area (Å²) in [7, 11) is 0. The molecule has 3 heterocycles. The molecular weight excluding hydrogens is 298 g/mol. The first-order chi connectivity index (χ1) is 11.1.